The van der Waals surface area contributed by atoms with Crippen LogP contribution in [0.15, 0.2) is 48.8 Å². The van der Waals surface area contributed by atoms with Crippen LogP contribution in [0.2, 0.25) is 0 Å². The molecule has 0 saturated carbocycles. The molecule has 2 aromatic rings. The van der Waals surface area contributed by atoms with E-state index in [0.29, 0.717) is 12.1 Å². The van der Waals surface area contributed by atoms with Gasteiger partial charge in [-0.1, -0.05) is 37.3 Å². The Morgan fingerprint density at radius 3 is 2.76 bits per heavy atom. The fourth-order valence-electron chi connectivity index (χ4n) is 3.10. The van der Waals surface area contributed by atoms with Crippen LogP contribution < -0.4 is 5.32 Å². The number of benzene rings is 1. The molecule has 4 heteroatoms. The van der Waals surface area contributed by atoms with Crippen molar-refractivity contribution in [2.45, 2.75) is 32.0 Å². The standard InChI is InChI=1S/C17H24N4/c1-2-16-13-18-17(15-7-4-3-5-8-15)14-20(16)11-12-21-10-6-9-19-21/h3-10,16-18H,2,11-14H2,1H3. The van der Waals surface area contributed by atoms with Crippen molar-refractivity contribution in [1.82, 2.24) is 20.0 Å². The number of aromatic nitrogens is 2. The Labute approximate surface area is 126 Å². The predicted octanol–water partition coefficient (Wildman–Crippen LogP) is 2.31. The molecule has 0 spiro atoms. The van der Waals surface area contributed by atoms with Gasteiger partial charge in [-0.15, -0.1) is 0 Å². The second-order valence-electron chi connectivity index (χ2n) is 5.70. The molecule has 1 aromatic heterocycles. The Balaban J connectivity index is 1.64. The summed E-state index contributed by atoms with van der Waals surface area (Å²) >= 11 is 0. The van der Waals surface area contributed by atoms with Gasteiger partial charge in [-0.3, -0.25) is 9.58 Å². The number of nitrogens with zero attached hydrogens (tertiary/aromatic N) is 3. The molecule has 0 radical (unpaired) electrons. The summed E-state index contributed by atoms with van der Waals surface area (Å²) < 4.78 is 2.02. The van der Waals surface area contributed by atoms with Gasteiger partial charge in [0.05, 0.1) is 6.54 Å². The van der Waals surface area contributed by atoms with Crippen LogP contribution in [0.3, 0.4) is 0 Å². The van der Waals surface area contributed by atoms with Gasteiger partial charge in [0.2, 0.25) is 0 Å². The molecule has 1 saturated heterocycles. The molecule has 2 atom stereocenters. The molecule has 1 aromatic carbocycles. The Morgan fingerprint density at radius 1 is 1.19 bits per heavy atom. The first kappa shape index (κ1) is 14.3. The predicted molar refractivity (Wildman–Crippen MR) is 85.1 cm³/mol. The lowest BCUT2D eigenvalue weighted by Crippen LogP contribution is -2.53. The Morgan fingerprint density at radius 2 is 2.05 bits per heavy atom. The van der Waals surface area contributed by atoms with E-state index in [1.54, 1.807) is 0 Å². The third-order valence-electron chi connectivity index (χ3n) is 4.38. The summed E-state index contributed by atoms with van der Waals surface area (Å²) in [6.45, 7) is 6.44. The number of hydrogen-bond acceptors (Lipinski definition) is 3. The molecule has 0 bridgehead atoms. The summed E-state index contributed by atoms with van der Waals surface area (Å²) in [4.78, 5) is 2.61. The van der Waals surface area contributed by atoms with Crippen molar-refractivity contribution < 1.29 is 0 Å². The average Bonchev–Trinajstić information content (AvgIpc) is 3.07. The summed E-state index contributed by atoms with van der Waals surface area (Å²) in [5.74, 6) is 0. The lowest BCUT2D eigenvalue weighted by Gasteiger charge is -2.40. The molecule has 1 aliphatic heterocycles. The summed E-state index contributed by atoms with van der Waals surface area (Å²) in [6, 6.07) is 13.8. The van der Waals surface area contributed by atoms with E-state index in [2.05, 4.69) is 52.6 Å². The maximum Gasteiger partial charge on any atom is 0.0536 e. The van der Waals surface area contributed by atoms with E-state index in [-0.39, 0.29) is 0 Å². The molecule has 2 unspecified atom stereocenters. The highest BCUT2D eigenvalue weighted by molar-refractivity contribution is 5.20. The van der Waals surface area contributed by atoms with Crippen molar-refractivity contribution in [2.24, 2.45) is 0 Å². The number of rotatable bonds is 5. The van der Waals surface area contributed by atoms with E-state index in [4.69, 9.17) is 0 Å². The van der Waals surface area contributed by atoms with Gasteiger partial charge in [0.15, 0.2) is 0 Å². The second-order valence-corrected chi connectivity index (χ2v) is 5.70. The second kappa shape index (κ2) is 6.87. The van der Waals surface area contributed by atoms with Crippen molar-refractivity contribution in [2.75, 3.05) is 19.6 Å². The number of piperazine rings is 1. The maximum atomic E-state index is 4.30. The van der Waals surface area contributed by atoms with Gasteiger partial charge in [-0.25, -0.2) is 0 Å². The molecule has 4 nitrogen and oxygen atoms in total. The average molecular weight is 284 g/mol. The highest BCUT2D eigenvalue weighted by Gasteiger charge is 2.27. The third kappa shape index (κ3) is 3.52. The third-order valence-corrected chi connectivity index (χ3v) is 4.38. The molecule has 2 heterocycles. The normalized spacial score (nSPS) is 23.3. The minimum atomic E-state index is 0.437. The number of hydrogen-bond donors (Lipinski definition) is 1. The number of nitrogens with one attached hydrogen (secondary N) is 1. The van der Waals surface area contributed by atoms with Crippen LogP contribution in [0.5, 0.6) is 0 Å². The largest absolute Gasteiger partial charge is 0.307 e. The van der Waals surface area contributed by atoms with Gasteiger partial charge in [-0.2, -0.15) is 5.10 Å². The fourth-order valence-corrected chi connectivity index (χ4v) is 3.10. The minimum absolute atomic E-state index is 0.437. The van der Waals surface area contributed by atoms with Crippen LogP contribution in [0.25, 0.3) is 0 Å². The van der Waals surface area contributed by atoms with Crippen LogP contribution in [-0.2, 0) is 6.54 Å². The van der Waals surface area contributed by atoms with Crippen LogP contribution in [0, 0.1) is 0 Å². The summed E-state index contributed by atoms with van der Waals surface area (Å²) in [7, 11) is 0. The van der Waals surface area contributed by atoms with E-state index >= 15 is 0 Å². The molecular weight excluding hydrogens is 260 g/mol. The SMILES string of the molecule is CCC1CNC(c2ccccc2)CN1CCn1cccn1. The summed E-state index contributed by atoms with van der Waals surface area (Å²) in [5.41, 5.74) is 1.39. The highest BCUT2D eigenvalue weighted by Crippen LogP contribution is 2.21. The quantitative estimate of drug-likeness (QED) is 0.914. The zero-order valence-electron chi connectivity index (χ0n) is 12.7. The van der Waals surface area contributed by atoms with Crippen molar-refractivity contribution in [3.8, 4) is 0 Å². The van der Waals surface area contributed by atoms with Gasteiger partial charge >= 0.3 is 0 Å². The van der Waals surface area contributed by atoms with E-state index in [1.165, 1.54) is 12.0 Å². The van der Waals surface area contributed by atoms with Gasteiger partial charge in [-0.05, 0) is 18.1 Å². The van der Waals surface area contributed by atoms with Gasteiger partial charge < -0.3 is 5.32 Å². The maximum absolute atomic E-state index is 4.30. The smallest absolute Gasteiger partial charge is 0.0536 e. The lowest BCUT2D eigenvalue weighted by atomic mass is 10.0. The Hall–Kier alpha value is -1.65. The topological polar surface area (TPSA) is 33.1 Å². The van der Waals surface area contributed by atoms with E-state index < -0.39 is 0 Å². The zero-order valence-corrected chi connectivity index (χ0v) is 12.7. The van der Waals surface area contributed by atoms with Gasteiger partial charge in [0.25, 0.3) is 0 Å². The first-order valence-electron chi connectivity index (χ1n) is 7.86. The molecule has 1 N–H and O–H groups in total. The monoisotopic (exact) mass is 284 g/mol. The van der Waals surface area contributed by atoms with Crippen LogP contribution >= 0.6 is 0 Å². The minimum Gasteiger partial charge on any atom is -0.307 e. The van der Waals surface area contributed by atoms with Crippen LogP contribution in [0.4, 0.5) is 0 Å². The lowest BCUT2D eigenvalue weighted by molar-refractivity contribution is 0.121. The molecule has 1 fully saturated rings. The Bertz CT molecular complexity index is 523. The highest BCUT2D eigenvalue weighted by atomic mass is 15.3. The first-order chi connectivity index (χ1) is 10.4. The van der Waals surface area contributed by atoms with Gasteiger partial charge in [0, 0.05) is 44.1 Å². The van der Waals surface area contributed by atoms with Crippen LogP contribution in [-0.4, -0.2) is 40.4 Å². The van der Waals surface area contributed by atoms with E-state index in [1.807, 2.05) is 23.1 Å². The Kier molecular flexibility index (Phi) is 4.68. The molecule has 112 valence electrons. The van der Waals surface area contributed by atoms with E-state index in [9.17, 15) is 0 Å². The van der Waals surface area contributed by atoms with Crippen molar-refractivity contribution in [3.05, 3.63) is 54.4 Å². The van der Waals surface area contributed by atoms with E-state index in [0.717, 1.165) is 26.2 Å². The molecule has 0 amide bonds. The van der Waals surface area contributed by atoms with Crippen molar-refractivity contribution in [3.63, 3.8) is 0 Å². The molecule has 21 heavy (non-hydrogen) atoms. The summed E-state index contributed by atoms with van der Waals surface area (Å²) in [6.07, 6.45) is 5.08. The van der Waals surface area contributed by atoms with Gasteiger partial charge in [0.1, 0.15) is 0 Å². The first-order valence-corrected chi connectivity index (χ1v) is 7.86. The fraction of sp³-hybridized carbons (Fsp3) is 0.471. The van der Waals surface area contributed by atoms with Crippen LogP contribution in [0.1, 0.15) is 24.9 Å². The molecule has 3 rings (SSSR count). The summed E-state index contributed by atoms with van der Waals surface area (Å²) in [5, 5.41) is 8.00. The van der Waals surface area contributed by atoms with Crippen molar-refractivity contribution in [1.29, 1.82) is 0 Å². The molecule has 0 aliphatic carbocycles. The molecule has 1 aliphatic rings. The van der Waals surface area contributed by atoms with Crippen molar-refractivity contribution >= 4 is 0 Å². The zero-order chi connectivity index (χ0) is 14.5. The molecular formula is C17H24N4.